The smallest absolute Gasteiger partial charge is 0.176 e. The van der Waals surface area contributed by atoms with E-state index in [2.05, 4.69) is 11.8 Å². The molecule has 100 valence electrons. The quantitative estimate of drug-likeness (QED) is 0.914. The second-order valence-electron chi connectivity index (χ2n) is 5.09. The van der Waals surface area contributed by atoms with Gasteiger partial charge in [-0.15, -0.1) is 0 Å². The van der Waals surface area contributed by atoms with Gasteiger partial charge in [0.1, 0.15) is 0 Å². The van der Waals surface area contributed by atoms with E-state index in [9.17, 15) is 5.11 Å². The van der Waals surface area contributed by atoms with Crippen molar-refractivity contribution in [3.8, 4) is 11.5 Å². The first kappa shape index (κ1) is 13.5. The minimum Gasteiger partial charge on any atom is -0.503 e. The normalized spacial score (nSPS) is 17.9. The number of phenols is 1. The van der Waals surface area contributed by atoms with Gasteiger partial charge in [-0.2, -0.15) is 0 Å². The third kappa shape index (κ3) is 3.09. The maximum atomic E-state index is 9.69. The van der Waals surface area contributed by atoms with Gasteiger partial charge in [0, 0.05) is 6.54 Å². The van der Waals surface area contributed by atoms with Gasteiger partial charge in [0.25, 0.3) is 0 Å². The first-order valence-corrected chi connectivity index (χ1v) is 6.75. The Hall–Kier alpha value is -0.930. The Morgan fingerprint density at radius 3 is 2.67 bits per heavy atom. The summed E-state index contributed by atoms with van der Waals surface area (Å²) < 4.78 is 5.12. The maximum absolute atomic E-state index is 9.69. The average molecular weight is 270 g/mol. The third-order valence-corrected chi connectivity index (χ3v) is 3.88. The number of halogens is 1. The number of likely N-dealkylation sites (tertiary alicyclic amines) is 1. The van der Waals surface area contributed by atoms with Gasteiger partial charge in [0.05, 0.1) is 12.1 Å². The van der Waals surface area contributed by atoms with Crippen molar-refractivity contribution >= 4 is 11.6 Å². The van der Waals surface area contributed by atoms with E-state index >= 15 is 0 Å². The lowest BCUT2D eigenvalue weighted by atomic mass is 9.99. The van der Waals surface area contributed by atoms with E-state index < -0.39 is 0 Å². The van der Waals surface area contributed by atoms with Crippen LogP contribution in [-0.2, 0) is 6.54 Å². The van der Waals surface area contributed by atoms with E-state index in [0.717, 1.165) is 31.1 Å². The Labute approximate surface area is 113 Å². The number of ether oxygens (including phenoxy) is 1. The van der Waals surface area contributed by atoms with E-state index in [1.54, 1.807) is 0 Å². The Bertz CT molecular complexity index is 415. The Morgan fingerprint density at radius 2 is 2.06 bits per heavy atom. The zero-order chi connectivity index (χ0) is 13.1. The highest BCUT2D eigenvalue weighted by Gasteiger charge is 2.17. The van der Waals surface area contributed by atoms with Crippen LogP contribution in [0.2, 0.25) is 5.02 Å². The number of benzene rings is 1. The molecule has 1 aromatic rings. The standard InChI is InChI=1S/C14H20ClNO2/c1-10-3-5-16(6-4-10)9-11-7-12(15)14(17)13(8-11)18-2/h7-8,10,17H,3-6,9H2,1-2H3. The van der Waals surface area contributed by atoms with Crippen molar-refractivity contribution in [1.82, 2.24) is 4.90 Å². The SMILES string of the molecule is COc1cc(CN2CCC(C)CC2)cc(Cl)c1O. The molecule has 1 N–H and O–H groups in total. The van der Waals surface area contributed by atoms with Crippen molar-refractivity contribution in [2.24, 2.45) is 5.92 Å². The molecule has 1 saturated heterocycles. The molecule has 0 amide bonds. The molecule has 1 aliphatic rings. The summed E-state index contributed by atoms with van der Waals surface area (Å²) in [7, 11) is 1.54. The van der Waals surface area contributed by atoms with Gasteiger partial charge >= 0.3 is 0 Å². The number of aromatic hydroxyl groups is 1. The molecule has 2 rings (SSSR count). The van der Waals surface area contributed by atoms with Crippen LogP contribution in [0.4, 0.5) is 0 Å². The predicted octanol–water partition coefficient (Wildman–Crippen LogP) is 3.29. The molecule has 0 atom stereocenters. The molecule has 3 nitrogen and oxygen atoms in total. The first-order valence-electron chi connectivity index (χ1n) is 6.38. The molecule has 1 aromatic carbocycles. The molecule has 18 heavy (non-hydrogen) atoms. The monoisotopic (exact) mass is 269 g/mol. The summed E-state index contributed by atoms with van der Waals surface area (Å²) in [5, 5.41) is 10.0. The summed E-state index contributed by atoms with van der Waals surface area (Å²) in [5.74, 6) is 1.30. The molecule has 1 fully saturated rings. The maximum Gasteiger partial charge on any atom is 0.176 e. The van der Waals surface area contributed by atoms with Crippen LogP contribution < -0.4 is 4.74 Å². The zero-order valence-electron chi connectivity index (χ0n) is 10.9. The van der Waals surface area contributed by atoms with Gasteiger partial charge in [0.2, 0.25) is 0 Å². The fourth-order valence-corrected chi connectivity index (χ4v) is 2.59. The fourth-order valence-electron chi connectivity index (χ4n) is 2.35. The van der Waals surface area contributed by atoms with Crippen LogP contribution in [0.5, 0.6) is 11.5 Å². The number of hydrogen-bond acceptors (Lipinski definition) is 3. The van der Waals surface area contributed by atoms with E-state index in [-0.39, 0.29) is 5.75 Å². The summed E-state index contributed by atoms with van der Waals surface area (Å²) in [6, 6.07) is 3.68. The summed E-state index contributed by atoms with van der Waals surface area (Å²) in [6.07, 6.45) is 2.51. The number of rotatable bonds is 3. The van der Waals surface area contributed by atoms with E-state index in [4.69, 9.17) is 16.3 Å². The molecular weight excluding hydrogens is 250 g/mol. The van der Waals surface area contributed by atoms with Crippen molar-refractivity contribution in [2.45, 2.75) is 26.3 Å². The molecule has 1 heterocycles. The summed E-state index contributed by atoms with van der Waals surface area (Å²) >= 11 is 5.99. The Kier molecular flexibility index (Phi) is 4.36. The van der Waals surface area contributed by atoms with Crippen LogP contribution in [0.15, 0.2) is 12.1 Å². The van der Waals surface area contributed by atoms with E-state index in [1.165, 1.54) is 20.0 Å². The van der Waals surface area contributed by atoms with Crippen molar-refractivity contribution in [3.63, 3.8) is 0 Å². The van der Waals surface area contributed by atoms with Gasteiger partial charge in [-0.3, -0.25) is 4.90 Å². The van der Waals surface area contributed by atoms with E-state index in [1.807, 2.05) is 12.1 Å². The lowest BCUT2D eigenvalue weighted by molar-refractivity contribution is 0.185. The summed E-state index contributed by atoms with van der Waals surface area (Å²) in [6.45, 7) is 5.42. The number of piperidine rings is 1. The molecule has 0 aliphatic carbocycles. The van der Waals surface area contributed by atoms with Gasteiger partial charge in [-0.1, -0.05) is 18.5 Å². The zero-order valence-corrected chi connectivity index (χ0v) is 11.7. The second-order valence-corrected chi connectivity index (χ2v) is 5.49. The van der Waals surface area contributed by atoms with Gasteiger partial charge in [-0.05, 0) is 49.5 Å². The lowest BCUT2D eigenvalue weighted by Gasteiger charge is -2.30. The molecule has 0 saturated carbocycles. The summed E-state index contributed by atoms with van der Waals surface area (Å²) in [4.78, 5) is 2.42. The predicted molar refractivity (Wildman–Crippen MR) is 73.3 cm³/mol. The van der Waals surface area contributed by atoms with Crippen molar-refractivity contribution in [2.75, 3.05) is 20.2 Å². The third-order valence-electron chi connectivity index (χ3n) is 3.59. The average Bonchev–Trinajstić information content (AvgIpc) is 2.36. The van der Waals surface area contributed by atoms with Gasteiger partial charge < -0.3 is 9.84 Å². The van der Waals surface area contributed by atoms with Gasteiger partial charge in [-0.25, -0.2) is 0 Å². The fraction of sp³-hybridized carbons (Fsp3) is 0.571. The van der Waals surface area contributed by atoms with Crippen LogP contribution in [0.25, 0.3) is 0 Å². The molecule has 0 spiro atoms. The Balaban J connectivity index is 2.07. The second kappa shape index (κ2) is 5.81. The largest absolute Gasteiger partial charge is 0.503 e. The highest BCUT2D eigenvalue weighted by Crippen LogP contribution is 2.35. The van der Waals surface area contributed by atoms with Crippen LogP contribution in [0.3, 0.4) is 0 Å². The van der Waals surface area contributed by atoms with Crippen LogP contribution >= 0.6 is 11.6 Å². The Morgan fingerprint density at radius 1 is 1.39 bits per heavy atom. The van der Waals surface area contributed by atoms with Crippen LogP contribution in [0.1, 0.15) is 25.3 Å². The molecule has 4 heteroatoms. The topological polar surface area (TPSA) is 32.7 Å². The number of methoxy groups -OCH3 is 1. The molecule has 0 radical (unpaired) electrons. The first-order chi connectivity index (χ1) is 8.60. The number of hydrogen-bond donors (Lipinski definition) is 1. The van der Waals surface area contributed by atoms with Crippen LogP contribution in [0, 0.1) is 5.92 Å². The highest BCUT2D eigenvalue weighted by atomic mass is 35.5. The minimum atomic E-state index is 0.0233. The molecule has 0 bridgehead atoms. The molecule has 1 aliphatic heterocycles. The summed E-state index contributed by atoms with van der Waals surface area (Å²) in [5.41, 5.74) is 1.09. The van der Waals surface area contributed by atoms with E-state index in [0.29, 0.717) is 10.8 Å². The van der Waals surface area contributed by atoms with Crippen LogP contribution in [-0.4, -0.2) is 30.2 Å². The lowest BCUT2D eigenvalue weighted by Crippen LogP contribution is -2.32. The van der Waals surface area contributed by atoms with Gasteiger partial charge in [0.15, 0.2) is 11.5 Å². The number of phenolic OH excluding ortho intramolecular Hbond substituents is 1. The van der Waals surface area contributed by atoms with Crippen molar-refractivity contribution in [3.05, 3.63) is 22.7 Å². The number of nitrogens with zero attached hydrogens (tertiary/aromatic N) is 1. The highest BCUT2D eigenvalue weighted by molar-refractivity contribution is 6.32. The molecule has 0 unspecified atom stereocenters. The van der Waals surface area contributed by atoms with Crippen molar-refractivity contribution < 1.29 is 9.84 Å². The minimum absolute atomic E-state index is 0.0233. The van der Waals surface area contributed by atoms with Crippen molar-refractivity contribution in [1.29, 1.82) is 0 Å². The molecule has 0 aromatic heterocycles. The molecular formula is C14H20ClNO2.